The number of amides is 2. The quantitative estimate of drug-likeness (QED) is 0.336. The molecule has 1 aliphatic carbocycles. The molecule has 1 atom stereocenters. The molecule has 1 N–H and O–H groups in total. The number of benzene rings is 2. The highest BCUT2D eigenvalue weighted by Crippen LogP contribution is 2.24. The minimum absolute atomic E-state index is 0.00505. The fraction of sp³-hybridized carbons (Fsp3) is 0.462. The third-order valence-electron chi connectivity index (χ3n) is 6.61. The third kappa shape index (κ3) is 7.73. The maximum Gasteiger partial charge on any atom is 0.271 e. The van der Waals surface area contributed by atoms with Gasteiger partial charge < -0.3 is 10.2 Å². The Balaban J connectivity index is 1.93. The summed E-state index contributed by atoms with van der Waals surface area (Å²) in [5.41, 5.74) is 0.187. The number of hydrogen-bond acceptors (Lipinski definition) is 6. The van der Waals surface area contributed by atoms with Crippen LogP contribution in [-0.2, 0) is 26.2 Å². The summed E-state index contributed by atoms with van der Waals surface area (Å²) in [4.78, 5) is 38.9. The monoisotopic (exact) mass is 548 g/mol. The van der Waals surface area contributed by atoms with Crippen molar-refractivity contribution in [2.75, 3.05) is 17.1 Å². The van der Waals surface area contributed by atoms with Gasteiger partial charge in [-0.15, -0.1) is 0 Å². The molecular formula is C26H33FN4O6S. The zero-order valence-electron chi connectivity index (χ0n) is 21.5. The fourth-order valence-corrected chi connectivity index (χ4v) is 5.47. The number of hydrogen-bond donors (Lipinski definition) is 1. The van der Waals surface area contributed by atoms with Gasteiger partial charge in [0.05, 0.1) is 16.9 Å². The van der Waals surface area contributed by atoms with Crippen molar-refractivity contribution in [2.24, 2.45) is 0 Å². The van der Waals surface area contributed by atoms with Gasteiger partial charge >= 0.3 is 0 Å². The van der Waals surface area contributed by atoms with Gasteiger partial charge in [0, 0.05) is 24.7 Å². The van der Waals surface area contributed by atoms with Crippen LogP contribution in [0.15, 0.2) is 48.5 Å². The Kier molecular flexibility index (Phi) is 9.78. The molecule has 3 rings (SSSR count). The Morgan fingerprint density at radius 3 is 2.37 bits per heavy atom. The number of halogens is 1. The van der Waals surface area contributed by atoms with Gasteiger partial charge in [-0.2, -0.15) is 0 Å². The van der Waals surface area contributed by atoms with E-state index in [-0.39, 0.29) is 36.3 Å². The van der Waals surface area contributed by atoms with Crippen LogP contribution >= 0.6 is 0 Å². The first-order valence-corrected chi connectivity index (χ1v) is 14.4. The second-order valence-corrected chi connectivity index (χ2v) is 11.4. The summed E-state index contributed by atoms with van der Waals surface area (Å²) in [6.07, 6.45) is 5.99. The summed E-state index contributed by atoms with van der Waals surface area (Å²) in [6, 6.07) is 9.57. The molecule has 0 saturated heterocycles. The van der Waals surface area contributed by atoms with Crippen LogP contribution in [0.5, 0.6) is 0 Å². The molecule has 2 aromatic rings. The second kappa shape index (κ2) is 12.8. The van der Waals surface area contributed by atoms with Gasteiger partial charge in [0.2, 0.25) is 21.8 Å². The number of carbonyl (C=O) groups excluding carboxylic acids is 2. The van der Waals surface area contributed by atoms with Gasteiger partial charge in [0.15, 0.2) is 0 Å². The van der Waals surface area contributed by atoms with Crippen molar-refractivity contribution in [3.8, 4) is 0 Å². The molecule has 12 heteroatoms. The first-order valence-electron chi connectivity index (χ1n) is 12.6. The van der Waals surface area contributed by atoms with E-state index in [4.69, 9.17) is 0 Å². The third-order valence-corrected chi connectivity index (χ3v) is 7.75. The van der Waals surface area contributed by atoms with Crippen molar-refractivity contribution < 1.29 is 27.3 Å². The number of nitro benzene ring substituents is 1. The molecule has 0 aliphatic heterocycles. The lowest BCUT2D eigenvalue weighted by atomic mass is 9.95. The Morgan fingerprint density at radius 2 is 1.79 bits per heavy atom. The standard InChI is InChI=1S/C26H33FN4O6S/c1-3-24(26(33)28-21-8-5-4-6-9-21)29(17-19-12-14-20(27)15-13-19)25(32)18-30(38(2,36)37)22-10-7-11-23(16-22)31(34)35/h7,10-16,21,24H,3-6,8-9,17-18H2,1-2H3,(H,28,33)/t24-/m0/s1. The SMILES string of the molecule is CC[C@@H](C(=O)NC1CCCCC1)N(Cc1ccc(F)cc1)C(=O)CN(c1cccc([N+](=O)[O-])c1)S(C)(=O)=O. The lowest BCUT2D eigenvalue weighted by molar-refractivity contribution is -0.384. The smallest absolute Gasteiger partial charge is 0.271 e. The van der Waals surface area contributed by atoms with Crippen molar-refractivity contribution in [3.63, 3.8) is 0 Å². The number of nitro groups is 1. The zero-order chi connectivity index (χ0) is 27.9. The summed E-state index contributed by atoms with van der Waals surface area (Å²) in [6.45, 7) is 1.03. The number of rotatable bonds is 11. The molecule has 2 aromatic carbocycles. The molecule has 1 saturated carbocycles. The van der Waals surface area contributed by atoms with E-state index in [2.05, 4.69) is 5.32 Å². The van der Waals surface area contributed by atoms with E-state index in [1.807, 2.05) is 0 Å². The lowest BCUT2D eigenvalue weighted by Crippen LogP contribution is -2.53. The van der Waals surface area contributed by atoms with E-state index < -0.39 is 39.3 Å². The van der Waals surface area contributed by atoms with E-state index in [0.29, 0.717) is 5.56 Å². The number of nitrogens with one attached hydrogen (secondary N) is 1. The molecular weight excluding hydrogens is 515 g/mol. The minimum Gasteiger partial charge on any atom is -0.352 e. The number of sulfonamides is 1. The average molecular weight is 549 g/mol. The Bertz CT molecular complexity index is 1250. The number of carbonyl (C=O) groups is 2. The van der Waals surface area contributed by atoms with Crippen molar-refractivity contribution >= 4 is 33.2 Å². The molecule has 1 fully saturated rings. The minimum atomic E-state index is -4.03. The highest BCUT2D eigenvalue weighted by Gasteiger charge is 2.33. The average Bonchev–Trinajstić information content (AvgIpc) is 2.88. The van der Waals surface area contributed by atoms with Gasteiger partial charge in [0.1, 0.15) is 18.4 Å². The van der Waals surface area contributed by atoms with Crippen LogP contribution in [0.3, 0.4) is 0 Å². The molecule has 0 spiro atoms. The van der Waals surface area contributed by atoms with Crippen LogP contribution in [0.4, 0.5) is 15.8 Å². The molecule has 0 bridgehead atoms. The molecule has 0 aromatic heterocycles. The van der Waals surface area contributed by atoms with Crippen molar-refractivity contribution in [1.82, 2.24) is 10.2 Å². The first-order chi connectivity index (χ1) is 18.0. The summed E-state index contributed by atoms with van der Waals surface area (Å²) in [5, 5.41) is 14.3. The molecule has 2 amide bonds. The highest BCUT2D eigenvalue weighted by molar-refractivity contribution is 7.92. The van der Waals surface area contributed by atoms with Gasteiger partial charge in [-0.1, -0.05) is 44.4 Å². The second-order valence-electron chi connectivity index (χ2n) is 9.46. The van der Waals surface area contributed by atoms with E-state index >= 15 is 0 Å². The molecule has 0 radical (unpaired) electrons. The lowest BCUT2D eigenvalue weighted by Gasteiger charge is -2.34. The Labute approximate surface area is 222 Å². The number of anilines is 1. The van der Waals surface area contributed by atoms with E-state index in [1.165, 1.54) is 47.4 Å². The van der Waals surface area contributed by atoms with E-state index in [0.717, 1.165) is 48.7 Å². The van der Waals surface area contributed by atoms with Crippen LogP contribution in [0.25, 0.3) is 0 Å². The summed E-state index contributed by atoms with van der Waals surface area (Å²) in [5.74, 6) is -1.46. The Morgan fingerprint density at radius 1 is 1.13 bits per heavy atom. The summed E-state index contributed by atoms with van der Waals surface area (Å²) < 4.78 is 39.6. The maximum atomic E-state index is 13.7. The van der Waals surface area contributed by atoms with Gasteiger partial charge in [-0.3, -0.25) is 24.0 Å². The summed E-state index contributed by atoms with van der Waals surface area (Å²) >= 11 is 0. The van der Waals surface area contributed by atoms with Crippen molar-refractivity contribution in [2.45, 2.75) is 64.1 Å². The van der Waals surface area contributed by atoms with Gasteiger partial charge in [0.25, 0.3) is 5.69 Å². The van der Waals surface area contributed by atoms with Gasteiger partial charge in [-0.05, 0) is 43.0 Å². The van der Waals surface area contributed by atoms with Crippen LogP contribution in [0.1, 0.15) is 51.0 Å². The zero-order valence-corrected chi connectivity index (χ0v) is 22.3. The molecule has 0 unspecified atom stereocenters. The number of nitrogens with zero attached hydrogens (tertiary/aromatic N) is 3. The topological polar surface area (TPSA) is 130 Å². The predicted molar refractivity (Wildman–Crippen MR) is 141 cm³/mol. The molecule has 1 aliphatic rings. The predicted octanol–water partition coefficient (Wildman–Crippen LogP) is 3.76. The van der Waals surface area contributed by atoms with E-state index in [9.17, 15) is 32.5 Å². The van der Waals surface area contributed by atoms with Crippen molar-refractivity contribution in [1.29, 1.82) is 0 Å². The largest absolute Gasteiger partial charge is 0.352 e. The normalized spacial score (nSPS) is 14.9. The number of non-ortho nitro benzene ring substituents is 1. The molecule has 10 nitrogen and oxygen atoms in total. The van der Waals surface area contributed by atoms with Gasteiger partial charge in [-0.25, -0.2) is 12.8 Å². The van der Waals surface area contributed by atoms with Crippen LogP contribution in [0.2, 0.25) is 0 Å². The van der Waals surface area contributed by atoms with Crippen LogP contribution < -0.4 is 9.62 Å². The van der Waals surface area contributed by atoms with Crippen LogP contribution in [0, 0.1) is 15.9 Å². The molecule has 206 valence electrons. The maximum absolute atomic E-state index is 13.7. The molecule has 38 heavy (non-hydrogen) atoms. The van der Waals surface area contributed by atoms with E-state index in [1.54, 1.807) is 6.92 Å². The van der Waals surface area contributed by atoms with Crippen LogP contribution in [-0.4, -0.2) is 54.9 Å². The summed E-state index contributed by atoms with van der Waals surface area (Å²) in [7, 11) is -4.03. The molecule has 0 heterocycles. The first kappa shape index (κ1) is 29.0. The fourth-order valence-electron chi connectivity index (χ4n) is 4.63. The van der Waals surface area contributed by atoms with Crippen molar-refractivity contribution in [3.05, 3.63) is 70.0 Å². The Hall–Kier alpha value is -3.54. The highest BCUT2D eigenvalue weighted by atomic mass is 32.2.